The van der Waals surface area contributed by atoms with Crippen molar-refractivity contribution in [3.63, 3.8) is 0 Å². The number of halogens is 2. The maximum atomic E-state index is 14.2. The Morgan fingerprint density at radius 2 is 1.67 bits per heavy atom. The number of imidazole rings is 1. The molecule has 2 aromatic heterocycles. The molecule has 2 aromatic carbocycles. The van der Waals surface area contributed by atoms with Crippen LogP contribution in [0.3, 0.4) is 0 Å². The fraction of sp³-hybridized carbons (Fsp3) is 0.419. The number of anilines is 2. The zero-order valence-electron chi connectivity index (χ0n) is 25.3. The molecule has 4 aromatic rings. The summed E-state index contributed by atoms with van der Waals surface area (Å²) in [6.07, 6.45) is -0.0480. The third kappa shape index (κ3) is 7.26. The number of sulfonamides is 1. The van der Waals surface area contributed by atoms with E-state index in [1.54, 1.807) is 42.5 Å². The molecule has 3 heterocycles. The van der Waals surface area contributed by atoms with Gasteiger partial charge < -0.3 is 20.3 Å². The molecule has 1 saturated heterocycles. The molecule has 0 atom stereocenters. The smallest absolute Gasteiger partial charge is 0.296 e. The molecule has 0 radical (unpaired) electrons. The average molecular weight is 655 g/mol. The Hall–Kier alpha value is -4.21. The molecule has 3 N–H and O–H groups in total. The van der Waals surface area contributed by atoms with Crippen LogP contribution in [0, 0.1) is 6.92 Å². The monoisotopic (exact) mass is 654 g/mol. The van der Waals surface area contributed by atoms with E-state index in [4.69, 9.17) is 14.7 Å². The number of benzene rings is 2. The molecule has 2 fully saturated rings. The molecule has 15 heteroatoms. The maximum absolute atomic E-state index is 14.2. The van der Waals surface area contributed by atoms with Gasteiger partial charge in [-0.15, -0.1) is 0 Å². The highest BCUT2D eigenvalue weighted by molar-refractivity contribution is 7.89. The molecule has 1 amide bonds. The van der Waals surface area contributed by atoms with Crippen molar-refractivity contribution in [3.05, 3.63) is 66.0 Å². The van der Waals surface area contributed by atoms with Gasteiger partial charge in [-0.05, 0) is 56.9 Å². The summed E-state index contributed by atoms with van der Waals surface area (Å²) >= 11 is 0. The second-order valence-electron chi connectivity index (χ2n) is 11.5. The number of alkyl halides is 2. The summed E-state index contributed by atoms with van der Waals surface area (Å²) in [5.41, 5.74) is 1.90. The van der Waals surface area contributed by atoms with Crippen LogP contribution in [0.4, 0.5) is 20.5 Å². The molecule has 1 aliphatic carbocycles. The molecular formula is C31H36F2N8O4S. The molecular weight excluding hydrogens is 618 g/mol. The van der Waals surface area contributed by atoms with Crippen molar-refractivity contribution in [2.24, 2.45) is 0 Å². The molecule has 6 rings (SSSR count). The first kappa shape index (κ1) is 31.8. The first-order chi connectivity index (χ1) is 22.2. The number of hydrogen-bond acceptors (Lipinski definition) is 9. The van der Waals surface area contributed by atoms with Crippen LogP contribution in [0.15, 0.2) is 59.5 Å². The highest BCUT2D eigenvalue weighted by Crippen LogP contribution is 2.30. The van der Waals surface area contributed by atoms with Crippen LogP contribution in [0.1, 0.15) is 43.5 Å². The molecule has 0 bridgehead atoms. The summed E-state index contributed by atoms with van der Waals surface area (Å²) in [5.74, 6) is 0.413. The van der Waals surface area contributed by atoms with E-state index in [0.29, 0.717) is 74.8 Å². The number of carbonyl (C=O) groups is 1. The van der Waals surface area contributed by atoms with Crippen LogP contribution in [-0.2, 0) is 19.6 Å². The zero-order chi connectivity index (χ0) is 32.3. The summed E-state index contributed by atoms with van der Waals surface area (Å²) in [6, 6.07) is 14.9. The second-order valence-corrected chi connectivity index (χ2v) is 13.3. The predicted molar refractivity (Wildman–Crippen MR) is 169 cm³/mol. The number of aryl methyl sites for hydroxylation is 1. The van der Waals surface area contributed by atoms with Crippen molar-refractivity contribution in [1.29, 1.82) is 0 Å². The molecule has 2 aliphatic rings. The molecule has 1 aliphatic heterocycles. The number of nitrogens with zero attached hydrogens (tertiary/aromatic N) is 5. The van der Waals surface area contributed by atoms with E-state index < -0.39 is 28.2 Å². The van der Waals surface area contributed by atoms with Gasteiger partial charge in [-0.3, -0.25) is 9.36 Å². The first-order valence-electron chi connectivity index (χ1n) is 15.3. The normalized spacial score (nSPS) is 19.0. The van der Waals surface area contributed by atoms with Crippen molar-refractivity contribution in [2.45, 2.75) is 56.0 Å². The van der Waals surface area contributed by atoms with Gasteiger partial charge in [-0.1, -0.05) is 29.8 Å². The lowest BCUT2D eigenvalue weighted by Gasteiger charge is -2.31. The Kier molecular flexibility index (Phi) is 9.42. The fourth-order valence-corrected chi connectivity index (χ4v) is 6.76. The maximum Gasteiger partial charge on any atom is 0.296 e. The van der Waals surface area contributed by atoms with Gasteiger partial charge in [0, 0.05) is 31.2 Å². The first-order valence-corrected chi connectivity index (χ1v) is 16.7. The summed E-state index contributed by atoms with van der Waals surface area (Å²) in [7, 11) is -3.80. The van der Waals surface area contributed by atoms with E-state index in [0.717, 1.165) is 5.56 Å². The topological polar surface area (TPSA) is 143 Å². The van der Waals surface area contributed by atoms with Gasteiger partial charge in [-0.2, -0.15) is 9.97 Å². The minimum absolute atomic E-state index is 0.0163. The minimum Gasteiger partial charge on any atom is -0.378 e. The molecule has 12 nitrogen and oxygen atoms in total. The van der Waals surface area contributed by atoms with Gasteiger partial charge in [-0.25, -0.2) is 26.9 Å². The van der Waals surface area contributed by atoms with Crippen molar-refractivity contribution in [2.75, 3.05) is 43.1 Å². The molecule has 1 saturated carbocycles. The third-order valence-corrected chi connectivity index (χ3v) is 9.62. The van der Waals surface area contributed by atoms with Gasteiger partial charge in [0.1, 0.15) is 11.6 Å². The highest BCUT2D eigenvalue weighted by atomic mass is 32.2. The van der Waals surface area contributed by atoms with Crippen molar-refractivity contribution in [3.8, 4) is 5.82 Å². The molecule has 0 spiro atoms. The Balaban J connectivity index is 1.13. The molecule has 0 unspecified atom stereocenters. The van der Waals surface area contributed by atoms with Crippen LogP contribution < -0.4 is 20.3 Å². The van der Waals surface area contributed by atoms with Crippen molar-refractivity contribution < 1.29 is 26.7 Å². The number of amides is 1. The van der Waals surface area contributed by atoms with E-state index in [-0.39, 0.29) is 29.3 Å². The highest BCUT2D eigenvalue weighted by Gasteiger charge is 2.26. The van der Waals surface area contributed by atoms with Crippen molar-refractivity contribution in [1.82, 2.24) is 29.6 Å². The van der Waals surface area contributed by atoms with E-state index in [1.165, 1.54) is 16.7 Å². The lowest BCUT2D eigenvalue weighted by Crippen LogP contribution is -2.44. The minimum atomic E-state index is -3.80. The van der Waals surface area contributed by atoms with Gasteiger partial charge in [0.15, 0.2) is 5.82 Å². The standard InChI is InChI=1S/C31H36F2N8O4S/c1-20-6-12-23(13-7-20)46(43,44)34-19-28(42)36-22-10-8-21(9-11-22)35-26-18-27(39-31(38-26)40-14-16-45-17-15-40)41-25-5-3-2-4-24(25)37-30(41)29(32)33/h2-7,12-13,18,21-22,29,34H,8-11,14-17,19H2,1H3,(H,36,42)(H,35,38,39)/t21-,22-. The lowest BCUT2D eigenvalue weighted by atomic mass is 9.91. The SMILES string of the molecule is Cc1ccc(S(=O)(=O)NCC(=O)N[C@H]2CC[C@H](Nc3cc(-n4c(C(F)F)nc5ccccc54)nc(N4CCOCC4)n3)CC2)cc1. The number of fused-ring (bicyclic) bond motifs is 1. The van der Waals surface area contributed by atoms with E-state index >= 15 is 0 Å². The second kappa shape index (κ2) is 13.6. The van der Waals surface area contributed by atoms with Gasteiger partial charge in [0.05, 0.1) is 35.7 Å². The number of morpholine rings is 1. The van der Waals surface area contributed by atoms with Crippen LogP contribution in [0.5, 0.6) is 0 Å². The van der Waals surface area contributed by atoms with Gasteiger partial charge in [0.25, 0.3) is 6.43 Å². The largest absolute Gasteiger partial charge is 0.378 e. The van der Waals surface area contributed by atoms with E-state index in [1.807, 2.05) is 11.8 Å². The van der Waals surface area contributed by atoms with E-state index in [2.05, 4.69) is 20.3 Å². The summed E-state index contributed by atoms with van der Waals surface area (Å²) in [5, 5.41) is 6.40. The van der Waals surface area contributed by atoms with Crippen LogP contribution in [-0.4, -0.2) is 78.8 Å². The zero-order valence-corrected chi connectivity index (χ0v) is 26.1. The molecule has 46 heavy (non-hydrogen) atoms. The van der Waals surface area contributed by atoms with E-state index in [9.17, 15) is 22.0 Å². The summed E-state index contributed by atoms with van der Waals surface area (Å²) < 4.78 is 62.7. The number of rotatable bonds is 10. The number of carbonyl (C=O) groups excluding carboxylic acids is 1. The Morgan fingerprint density at radius 3 is 2.39 bits per heavy atom. The number of hydrogen-bond donors (Lipinski definition) is 3. The quantitative estimate of drug-likeness (QED) is 0.233. The predicted octanol–water partition coefficient (Wildman–Crippen LogP) is 3.72. The summed E-state index contributed by atoms with van der Waals surface area (Å²) in [4.78, 5) is 28.3. The Labute approximate surface area is 265 Å². The Bertz CT molecular complexity index is 1790. The van der Waals surface area contributed by atoms with Crippen LogP contribution in [0.2, 0.25) is 0 Å². The Morgan fingerprint density at radius 1 is 0.978 bits per heavy atom. The number of para-hydroxylation sites is 2. The van der Waals surface area contributed by atoms with Crippen LogP contribution in [0.25, 0.3) is 16.9 Å². The number of nitrogens with one attached hydrogen (secondary N) is 3. The van der Waals surface area contributed by atoms with Gasteiger partial charge in [0.2, 0.25) is 21.9 Å². The number of ether oxygens (including phenoxy) is 1. The van der Waals surface area contributed by atoms with Crippen LogP contribution >= 0.6 is 0 Å². The van der Waals surface area contributed by atoms with Gasteiger partial charge >= 0.3 is 0 Å². The number of aromatic nitrogens is 4. The van der Waals surface area contributed by atoms with Crippen molar-refractivity contribution >= 4 is 38.7 Å². The lowest BCUT2D eigenvalue weighted by molar-refractivity contribution is -0.120. The fourth-order valence-electron chi connectivity index (χ4n) is 5.78. The third-order valence-electron chi connectivity index (χ3n) is 8.20. The average Bonchev–Trinajstić information content (AvgIpc) is 3.46. The molecule has 244 valence electrons. The summed E-state index contributed by atoms with van der Waals surface area (Å²) in [6.45, 7) is 3.67.